The van der Waals surface area contributed by atoms with E-state index in [-0.39, 0.29) is 37.1 Å². The second kappa shape index (κ2) is 10.4. The number of aliphatic hydroxyl groups is 3. The average molecular weight is 455 g/mol. The molecule has 0 aromatic carbocycles. The predicted molar refractivity (Wildman–Crippen MR) is 112 cm³/mol. The molecule has 3 rings (SSSR count). The molecule has 2 saturated heterocycles. The molecule has 180 valence electrons. The molecule has 2 heterocycles. The molecule has 3 aliphatic rings. The molecule has 0 aromatic heterocycles. The summed E-state index contributed by atoms with van der Waals surface area (Å²) in [6.07, 6.45) is -3.48. The molecule has 8 atom stereocenters. The van der Waals surface area contributed by atoms with Crippen LogP contribution in [0.4, 0.5) is 0 Å². The summed E-state index contributed by atoms with van der Waals surface area (Å²) in [4.78, 5) is 22.8. The summed E-state index contributed by atoms with van der Waals surface area (Å²) in [6, 6.07) is 0. The molecule has 1 aliphatic carbocycles. The van der Waals surface area contributed by atoms with Crippen LogP contribution in [0.15, 0.2) is 23.3 Å². The maximum absolute atomic E-state index is 11.8. The second-order valence-electron chi connectivity index (χ2n) is 9.02. The third-order valence-electron chi connectivity index (χ3n) is 6.69. The standard InChI is InChI=1S/C23H34O9/c1-11(15-9-16-13(3)22(28)31-17(16)8-12(15)2)6-5-7-29-23-21(27)20(26)19(25)18(32-23)10-30-14(4)24/h11,16-21,23,25-27H,3,5-10H2,1-2,4H3. The molecule has 32 heavy (non-hydrogen) atoms. The second-order valence-corrected chi connectivity index (χ2v) is 9.02. The van der Waals surface area contributed by atoms with Gasteiger partial charge in [-0.15, -0.1) is 0 Å². The minimum absolute atomic E-state index is 0.0488. The van der Waals surface area contributed by atoms with Crippen LogP contribution in [0.3, 0.4) is 0 Å². The van der Waals surface area contributed by atoms with Gasteiger partial charge in [-0.25, -0.2) is 4.79 Å². The zero-order valence-electron chi connectivity index (χ0n) is 18.9. The molecule has 0 spiro atoms. The molecule has 0 saturated carbocycles. The van der Waals surface area contributed by atoms with Crippen LogP contribution in [0, 0.1) is 11.8 Å². The van der Waals surface area contributed by atoms with Crippen LogP contribution in [0.25, 0.3) is 0 Å². The number of ether oxygens (including phenoxy) is 4. The van der Waals surface area contributed by atoms with Crippen molar-refractivity contribution in [3.05, 3.63) is 23.3 Å². The van der Waals surface area contributed by atoms with E-state index in [1.54, 1.807) is 0 Å². The number of hydrogen-bond donors (Lipinski definition) is 3. The highest BCUT2D eigenvalue weighted by Gasteiger charge is 2.45. The Morgan fingerprint density at radius 3 is 2.62 bits per heavy atom. The van der Waals surface area contributed by atoms with Gasteiger partial charge in [-0.05, 0) is 32.1 Å². The van der Waals surface area contributed by atoms with Gasteiger partial charge < -0.3 is 34.3 Å². The highest BCUT2D eigenvalue weighted by molar-refractivity contribution is 5.91. The van der Waals surface area contributed by atoms with Crippen LogP contribution in [-0.2, 0) is 28.5 Å². The first-order valence-electron chi connectivity index (χ1n) is 11.1. The van der Waals surface area contributed by atoms with Crippen molar-refractivity contribution in [2.24, 2.45) is 11.8 Å². The van der Waals surface area contributed by atoms with Crippen molar-refractivity contribution in [1.82, 2.24) is 0 Å². The van der Waals surface area contributed by atoms with Gasteiger partial charge in [0.1, 0.15) is 37.1 Å². The molecule has 3 N–H and O–H groups in total. The molecule has 9 nitrogen and oxygen atoms in total. The molecular weight excluding hydrogens is 420 g/mol. The SMILES string of the molecule is C=C1C(=O)OC2CC(C)=C(C(C)CCCOC3OC(COC(C)=O)C(O)C(O)C3O)CC12. The van der Waals surface area contributed by atoms with Gasteiger partial charge in [-0.3, -0.25) is 4.79 Å². The van der Waals surface area contributed by atoms with Gasteiger partial charge in [0.05, 0.1) is 0 Å². The summed E-state index contributed by atoms with van der Waals surface area (Å²) < 4.78 is 21.4. The van der Waals surface area contributed by atoms with E-state index >= 15 is 0 Å². The predicted octanol–water partition coefficient (Wildman–Crippen LogP) is 0.998. The van der Waals surface area contributed by atoms with E-state index in [0.29, 0.717) is 12.0 Å². The van der Waals surface area contributed by atoms with Crippen LogP contribution < -0.4 is 0 Å². The zero-order valence-corrected chi connectivity index (χ0v) is 18.9. The van der Waals surface area contributed by atoms with Crippen LogP contribution in [0.2, 0.25) is 0 Å². The summed E-state index contributed by atoms with van der Waals surface area (Å²) in [7, 11) is 0. The van der Waals surface area contributed by atoms with Gasteiger partial charge in [0.15, 0.2) is 6.29 Å². The van der Waals surface area contributed by atoms with Crippen LogP contribution in [-0.4, -0.2) is 77.3 Å². The van der Waals surface area contributed by atoms with Crippen LogP contribution in [0.1, 0.15) is 46.5 Å². The maximum atomic E-state index is 11.8. The minimum Gasteiger partial charge on any atom is -0.463 e. The van der Waals surface area contributed by atoms with Crippen molar-refractivity contribution in [2.45, 2.75) is 83.3 Å². The largest absolute Gasteiger partial charge is 0.463 e. The van der Waals surface area contributed by atoms with Gasteiger partial charge in [-0.2, -0.15) is 0 Å². The van der Waals surface area contributed by atoms with Crippen molar-refractivity contribution < 1.29 is 43.9 Å². The Balaban J connectivity index is 1.47. The first kappa shape index (κ1) is 24.9. The summed E-state index contributed by atoms with van der Waals surface area (Å²) in [6.45, 7) is 9.37. The Bertz CT molecular complexity index is 761. The van der Waals surface area contributed by atoms with E-state index in [4.69, 9.17) is 18.9 Å². The summed E-state index contributed by atoms with van der Waals surface area (Å²) >= 11 is 0. The molecule has 2 aliphatic heterocycles. The molecule has 8 unspecified atom stereocenters. The van der Waals surface area contributed by atoms with E-state index in [0.717, 1.165) is 19.3 Å². The van der Waals surface area contributed by atoms with E-state index in [2.05, 4.69) is 20.4 Å². The van der Waals surface area contributed by atoms with Crippen molar-refractivity contribution in [3.63, 3.8) is 0 Å². The Morgan fingerprint density at radius 2 is 1.94 bits per heavy atom. The molecule has 0 bridgehead atoms. The van der Waals surface area contributed by atoms with Crippen LogP contribution in [0.5, 0.6) is 0 Å². The number of esters is 2. The molecular formula is C23H34O9. The molecule has 0 radical (unpaired) electrons. The van der Waals surface area contributed by atoms with Crippen molar-refractivity contribution in [2.75, 3.05) is 13.2 Å². The Hall–Kier alpha value is -1.78. The number of aliphatic hydroxyl groups excluding tert-OH is 3. The lowest BCUT2D eigenvalue weighted by atomic mass is 9.75. The molecule has 0 amide bonds. The molecule has 0 aromatic rings. The number of carbonyl (C=O) groups is 2. The Kier molecular flexibility index (Phi) is 8.11. The fourth-order valence-corrected chi connectivity index (χ4v) is 4.73. The fourth-order valence-electron chi connectivity index (χ4n) is 4.73. The third-order valence-corrected chi connectivity index (χ3v) is 6.69. The number of rotatable bonds is 8. The lowest BCUT2D eigenvalue weighted by molar-refractivity contribution is -0.301. The number of hydrogen-bond acceptors (Lipinski definition) is 9. The average Bonchev–Trinajstić information content (AvgIpc) is 3.01. The quantitative estimate of drug-likeness (QED) is 0.213. The van der Waals surface area contributed by atoms with E-state index < -0.39 is 36.7 Å². The zero-order chi connectivity index (χ0) is 23.6. The number of allylic oxidation sites excluding steroid dienone is 1. The minimum atomic E-state index is -1.47. The first-order valence-corrected chi connectivity index (χ1v) is 11.1. The number of fused-ring (bicyclic) bond motifs is 1. The van der Waals surface area contributed by atoms with Gasteiger partial charge in [0, 0.05) is 31.4 Å². The van der Waals surface area contributed by atoms with Crippen molar-refractivity contribution in [3.8, 4) is 0 Å². The fraction of sp³-hybridized carbons (Fsp3) is 0.739. The summed E-state index contributed by atoms with van der Waals surface area (Å²) in [5.74, 6) is -0.499. The smallest absolute Gasteiger partial charge is 0.334 e. The highest BCUT2D eigenvalue weighted by atomic mass is 16.7. The highest BCUT2D eigenvalue weighted by Crippen LogP contribution is 2.43. The molecule has 2 fully saturated rings. The van der Waals surface area contributed by atoms with E-state index in [1.807, 2.05) is 0 Å². The summed E-state index contributed by atoms with van der Waals surface area (Å²) in [5, 5.41) is 30.3. The monoisotopic (exact) mass is 454 g/mol. The lowest BCUT2D eigenvalue weighted by Gasteiger charge is -2.40. The lowest BCUT2D eigenvalue weighted by Crippen LogP contribution is -2.59. The first-order chi connectivity index (χ1) is 15.1. The normalized spacial score (nSPS) is 36.0. The van der Waals surface area contributed by atoms with Crippen LogP contribution >= 0.6 is 0 Å². The van der Waals surface area contributed by atoms with E-state index in [1.165, 1.54) is 18.1 Å². The number of carbonyl (C=O) groups excluding carboxylic acids is 2. The Labute approximate surface area is 188 Å². The van der Waals surface area contributed by atoms with Gasteiger partial charge in [0.2, 0.25) is 0 Å². The molecule has 9 heteroatoms. The summed E-state index contributed by atoms with van der Waals surface area (Å²) in [5.41, 5.74) is 3.13. The third kappa shape index (κ3) is 5.40. The van der Waals surface area contributed by atoms with Crippen molar-refractivity contribution in [1.29, 1.82) is 0 Å². The van der Waals surface area contributed by atoms with Gasteiger partial charge >= 0.3 is 11.9 Å². The van der Waals surface area contributed by atoms with Crippen molar-refractivity contribution >= 4 is 11.9 Å². The van der Waals surface area contributed by atoms with Gasteiger partial charge in [0.25, 0.3) is 0 Å². The van der Waals surface area contributed by atoms with E-state index in [9.17, 15) is 24.9 Å². The van der Waals surface area contributed by atoms with Gasteiger partial charge in [-0.1, -0.05) is 24.6 Å². The Morgan fingerprint density at radius 1 is 1.22 bits per heavy atom. The topological polar surface area (TPSA) is 132 Å². The maximum Gasteiger partial charge on any atom is 0.334 e.